The number of hydrogen-bond acceptors (Lipinski definition) is 4. The fourth-order valence-electron chi connectivity index (χ4n) is 1.18. The molecule has 1 rings (SSSR count). The predicted molar refractivity (Wildman–Crippen MR) is 54.7 cm³/mol. The summed E-state index contributed by atoms with van der Waals surface area (Å²) in [5, 5.41) is 0. The molecule has 1 aromatic rings. The lowest BCUT2D eigenvalue weighted by atomic mass is 10.1. The van der Waals surface area contributed by atoms with Crippen LogP contribution in [0.2, 0.25) is 0 Å². The van der Waals surface area contributed by atoms with E-state index in [4.69, 9.17) is 0 Å². The Hall–Kier alpha value is -1.65. The van der Waals surface area contributed by atoms with Crippen LogP contribution < -0.4 is 5.56 Å². The minimum absolute atomic E-state index is 0.0648. The van der Waals surface area contributed by atoms with Gasteiger partial charge in [-0.25, -0.2) is 9.78 Å². The van der Waals surface area contributed by atoms with Crippen LogP contribution in [-0.2, 0) is 11.2 Å². The van der Waals surface area contributed by atoms with E-state index in [-0.39, 0.29) is 5.56 Å². The van der Waals surface area contributed by atoms with Crippen LogP contribution >= 0.6 is 0 Å². The third kappa shape index (κ3) is 2.90. The van der Waals surface area contributed by atoms with Crippen LogP contribution in [0.25, 0.3) is 0 Å². The van der Waals surface area contributed by atoms with E-state index in [9.17, 15) is 9.59 Å². The topological polar surface area (TPSA) is 72.0 Å². The summed E-state index contributed by atoms with van der Waals surface area (Å²) in [6.45, 7) is 4.04. The minimum atomic E-state index is -0.667. The Morgan fingerprint density at radius 1 is 1.60 bits per heavy atom. The third-order valence-corrected chi connectivity index (χ3v) is 1.86. The molecule has 1 heterocycles. The van der Waals surface area contributed by atoms with Crippen LogP contribution in [0.5, 0.6) is 0 Å². The van der Waals surface area contributed by atoms with Gasteiger partial charge in [-0.05, 0) is 5.92 Å². The molecule has 82 valence electrons. The summed E-state index contributed by atoms with van der Waals surface area (Å²) in [6.07, 6.45) is 1.93. The van der Waals surface area contributed by atoms with Gasteiger partial charge in [0.25, 0.3) is 5.56 Å². The highest BCUT2D eigenvalue weighted by Crippen LogP contribution is 2.01. The van der Waals surface area contributed by atoms with Gasteiger partial charge in [-0.1, -0.05) is 13.8 Å². The van der Waals surface area contributed by atoms with Gasteiger partial charge in [-0.2, -0.15) is 0 Å². The van der Waals surface area contributed by atoms with E-state index < -0.39 is 11.5 Å². The molecule has 0 amide bonds. The van der Waals surface area contributed by atoms with Crippen molar-refractivity contribution in [3.8, 4) is 0 Å². The first-order chi connectivity index (χ1) is 7.04. The number of carbonyl (C=O) groups is 1. The zero-order chi connectivity index (χ0) is 11.4. The lowest BCUT2D eigenvalue weighted by Crippen LogP contribution is -2.21. The number of nitrogens with zero attached hydrogens (tertiary/aromatic N) is 1. The number of nitrogens with one attached hydrogen (secondary N) is 1. The van der Waals surface area contributed by atoms with Crippen LogP contribution in [0.3, 0.4) is 0 Å². The molecule has 0 radical (unpaired) electrons. The number of carbonyl (C=O) groups excluding carboxylic acids is 1. The molecule has 15 heavy (non-hydrogen) atoms. The van der Waals surface area contributed by atoms with Crippen LogP contribution in [0.1, 0.15) is 30.0 Å². The maximum absolute atomic E-state index is 11.4. The molecule has 0 unspecified atom stereocenters. The highest BCUT2D eigenvalue weighted by atomic mass is 16.5. The highest BCUT2D eigenvalue weighted by Gasteiger charge is 2.11. The maximum atomic E-state index is 11.4. The number of rotatable bonds is 3. The van der Waals surface area contributed by atoms with Gasteiger partial charge in [0.2, 0.25) is 0 Å². The second kappa shape index (κ2) is 4.72. The Bertz CT molecular complexity index is 409. The molecule has 0 saturated heterocycles. The van der Waals surface area contributed by atoms with E-state index in [1.165, 1.54) is 13.3 Å². The zero-order valence-electron chi connectivity index (χ0n) is 9.03. The number of esters is 1. The molecule has 0 saturated carbocycles. The zero-order valence-corrected chi connectivity index (χ0v) is 9.03. The average molecular weight is 210 g/mol. The molecular formula is C10H14N2O3. The first kappa shape index (κ1) is 11.4. The number of aromatic amines is 1. The van der Waals surface area contributed by atoms with Crippen molar-refractivity contribution >= 4 is 5.97 Å². The van der Waals surface area contributed by atoms with Gasteiger partial charge in [-0.3, -0.25) is 4.79 Å². The number of ether oxygens (including phenoxy) is 1. The molecule has 5 nitrogen and oxygen atoms in total. The van der Waals surface area contributed by atoms with Gasteiger partial charge in [-0.15, -0.1) is 0 Å². The van der Waals surface area contributed by atoms with E-state index in [1.54, 1.807) is 0 Å². The highest BCUT2D eigenvalue weighted by molar-refractivity contribution is 5.88. The van der Waals surface area contributed by atoms with Gasteiger partial charge in [0.1, 0.15) is 11.4 Å². The van der Waals surface area contributed by atoms with Crippen molar-refractivity contribution in [2.45, 2.75) is 20.3 Å². The van der Waals surface area contributed by atoms with Gasteiger partial charge in [0.15, 0.2) is 0 Å². The van der Waals surface area contributed by atoms with E-state index >= 15 is 0 Å². The molecule has 0 aliphatic carbocycles. The second-order valence-electron chi connectivity index (χ2n) is 3.66. The molecule has 1 aromatic heterocycles. The average Bonchev–Trinajstić information content (AvgIpc) is 2.16. The second-order valence-corrected chi connectivity index (χ2v) is 3.66. The Labute approximate surface area is 87.5 Å². The molecule has 0 spiro atoms. The van der Waals surface area contributed by atoms with Crippen LogP contribution in [-0.4, -0.2) is 23.0 Å². The molecule has 0 atom stereocenters. The van der Waals surface area contributed by atoms with Crippen molar-refractivity contribution in [3.05, 3.63) is 27.9 Å². The Balaban J connectivity index is 2.98. The Morgan fingerprint density at radius 2 is 2.27 bits per heavy atom. The predicted octanol–water partition coefficient (Wildman–Crippen LogP) is 0.755. The molecule has 0 aliphatic rings. The number of aromatic nitrogens is 2. The van der Waals surface area contributed by atoms with Crippen molar-refractivity contribution < 1.29 is 9.53 Å². The third-order valence-electron chi connectivity index (χ3n) is 1.86. The van der Waals surface area contributed by atoms with Gasteiger partial charge < -0.3 is 9.72 Å². The Kier molecular flexibility index (Phi) is 3.60. The quantitative estimate of drug-likeness (QED) is 0.747. The van der Waals surface area contributed by atoms with E-state index in [0.29, 0.717) is 18.2 Å². The summed E-state index contributed by atoms with van der Waals surface area (Å²) in [5.41, 5.74) is -0.516. The summed E-state index contributed by atoms with van der Waals surface area (Å²) < 4.78 is 4.44. The minimum Gasteiger partial charge on any atom is -0.465 e. The van der Waals surface area contributed by atoms with Gasteiger partial charge >= 0.3 is 5.97 Å². The normalized spacial score (nSPS) is 10.4. The number of methoxy groups -OCH3 is 1. The lowest BCUT2D eigenvalue weighted by Gasteiger charge is -2.04. The molecule has 1 N–H and O–H groups in total. The van der Waals surface area contributed by atoms with Crippen LogP contribution in [0.4, 0.5) is 0 Å². The van der Waals surface area contributed by atoms with E-state index in [0.717, 1.165) is 0 Å². The summed E-state index contributed by atoms with van der Waals surface area (Å²) >= 11 is 0. The first-order valence-electron chi connectivity index (χ1n) is 4.71. The maximum Gasteiger partial charge on any atom is 0.345 e. The van der Waals surface area contributed by atoms with Crippen molar-refractivity contribution in [3.63, 3.8) is 0 Å². The van der Waals surface area contributed by atoms with Gasteiger partial charge in [0.05, 0.1) is 7.11 Å². The fraction of sp³-hybridized carbons (Fsp3) is 0.500. The number of H-pyrrole nitrogens is 1. The standard InChI is InChI=1S/C10H14N2O3/c1-6(2)4-8-11-5-7(9(13)12-8)10(14)15-3/h5-6H,4H2,1-3H3,(H,11,12,13). The monoisotopic (exact) mass is 210 g/mol. The van der Waals surface area contributed by atoms with Gasteiger partial charge in [0, 0.05) is 12.6 Å². The fourth-order valence-corrected chi connectivity index (χ4v) is 1.18. The van der Waals surface area contributed by atoms with Crippen LogP contribution in [0.15, 0.2) is 11.0 Å². The summed E-state index contributed by atoms with van der Waals surface area (Å²) in [4.78, 5) is 29.1. The molecule has 0 bridgehead atoms. The summed E-state index contributed by atoms with van der Waals surface area (Å²) in [6, 6.07) is 0. The summed E-state index contributed by atoms with van der Waals surface area (Å²) in [5.74, 6) is 0.319. The van der Waals surface area contributed by atoms with Crippen molar-refractivity contribution in [1.29, 1.82) is 0 Å². The molecule has 0 fully saturated rings. The summed E-state index contributed by atoms with van der Waals surface area (Å²) in [7, 11) is 1.23. The van der Waals surface area contributed by atoms with E-state index in [2.05, 4.69) is 14.7 Å². The van der Waals surface area contributed by atoms with Crippen LogP contribution in [0, 0.1) is 5.92 Å². The lowest BCUT2D eigenvalue weighted by molar-refractivity contribution is 0.0598. The first-order valence-corrected chi connectivity index (χ1v) is 4.71. The van der Waals surface area contributed by atoms with Crippen molar-refractivity contribution in [2.24, 2.45) is 5.92 Å². The smallest absolute Gasteiger partial charge is 0.345 e. The van der Waals surface area contributed by atoms with Crippen molar-refractivity contribution in [1.82, 2.24) is 9.97 Å². The van der Waals surface area contributed by atoms with E-state index in [1.807, 2.05) is 13.8 Å². The number of hydrogen-bond donors (Lipinski definition) is 1. The Morgan fingerprint density at radius 3 is 2.73 bits per heavy atom. The molecule has 5 heteroatoms. The van der Waals surface area contributed by atoms with Crippen molar-refractivity contribution in [2.75, 3.05) is 7.11 Å². The largest absolute Gasteiger partial charge is 0.465 e. The molecule has 0 aliphatic heterocycles. The SMILES string of the molecule is COC(=O)c1cnc(CC(C)C)[nH]c1=O. The molecular weight excluding hydrogens is 196 g/mol. The molecule has 0 aromatic carbocycles.